The molecule has 4 rings (SSSR count). The van der Waals surface area contributed by atoms with Gasteiger partial charge < -0.3 is 0 Å². The molecule has 0 radical (unpaired) electrons. The smallest absolute Gasteiger partial charge is 0.266 e. The summed E-state index contributed by atoms with van der Waals surface area (Å²) in [6.07, 6.45) is 4.72. The first kappa shape index (κ1) is 16.9. The Morgan fingerprint density at radius 3 is 2.64 bits per heavy atom. The summed E-state index contributed by atoms with van der Waals surface area (Å²) >= 11 is 1.90. The van der Waals surface area contributed by atoms with Gasteiger partial charge in [-0.05, 0) is 25.8 Å². The van der Waals surface area contributed by atoms with Crippen LogP contribution in [0.2, 0.25) is 0 Å². The predicted octanol–water partition coefficient (Wildman–Crippen LogP) is 1.70. The molecule has 0 unspecified atom stereocenters. The van der Waals surface area contributed by atoms with Gasteiger partial charge in [0, 0.05) is 62.3 Å². The number of piperazine rings is 1. The maximum atomic E-state index is 11.8. The van der Waals surface area contributed by atoms with Gasteiger partial charge in [0.15, 0.2) is 0 Å². The summed E-state index contributed by atoms with van der Waals surface area (Å²) in [5, 5.41) is 5.65. The van der Waals surface area contributed by atoms with E-state index in [1.165, 1.54) is 22.7 Å². The van der Waals surface area contributed by atoms with Crippen molar-refractivity contribution in [2.24, 2.45) is 0 Å². The molecular formula is C18H25N5OS. The second-order valence-corrected chi connectivity index (χ2v) is 8.24. The number of hydrogen-bond acceptors (Lipinski definition) is 6. The highest BCUT2D eigenvalue weighted by Crippen LogP contribution is 2.41. The van der Waals surface area contributed by atoms with Crippen LogP contribution < -0.4 is 5.56 Å². The Labute approximate surface area is 152 Å². The third-order valence-corrected chi connectivity index (χ3v) is 6.11. The van der Waals surface area contributed by atoms with E-state index >= 15 is 0 Å². The number of hydrogen-bond donors (Lipinski definition) is 0. The predicted molar refractivity (Wildman–Crippen MR) is 99.0 cm³/mol. The van der Waals surface area contributed by atoms with Crippen molar-refractivity contribution in [2.45, 2.75) is 38.8 Å². The lowest BCUT2D eigenvalue weighted by atomic mass is 10.3. The van der Waals surface area contributed by atoms with E-state index in [0.29, 0.717) is 6.54 Å². The van der Waals surface area contributed by atoms with E-state index in [9.17, 15) is 4.79 Å². The first-order valence-corrected chi connectivity index (χ1v) is 9.93. The van der Waals surface area contributed by atoms with E-state index in [1.807, 2.05) is 18.3 Å². The highest BCUT2D eigenvalue weighted by atomic mass is 32.1. The topological polar surface area (TPSA) is 54.3 Å². The average molecular weight is 359 g/mol. The van der Waals surface area contributed by atoms with E-state index in [1.54, 1.807) is 16.8 Å². The monoisotopic (exact) mass is 359 g/mol. The second-order valence-electron chi connectivity index (χ2n) is 7.09. The molecule has 0 N–H and O–H groups in total. The zero-order chi connectivity index (χ0) is 17.2. The van der Waals surface area contributed by atoms with Crippen LogP contribution in [0.4, 0.5) is 0 Å². The maximum Gasteiger partial charge on any atom is 0.266 e. The standard InChI is InChI=1S/C18H25N5OS/c1-14-2-5-17(24)23(20-14)11-10-21-6-8-22(9-7-21)13-16-12-19-18(25-16)15-3-4-15/h2,5,12,15H,3-4,6-11,13H2,1H3. The summed E-state index contributed by atoms with van der Waals surface area (Å²) in [6.45, 7) is 8.75. The lowest BCUT2D eigenvalue weighted by Gasteiger charge is -2.34. The average Bonchev–Trinajstić information content (AvgIpc) is 3.37. The van der Waals surface area contributed by atoms with E-state index < -0.39 is 0 Å². The van der Waals surface area contributed by atoms with Crippen LogP contribution in [0.15, 0.2) is 23.1 Å². The van der Waals surface area contributed by atoms with Gasteiger partial charge in [0.05, 0.1) is 17.2 Å². The Morgan fingerprint density at radius 1 is 1.12 bits per heavy atom. The number of aromatic nitrogens is 3. The Kier molecular flexibility index (Phi) is 4.96. The highest BCUT2D eigenvalue weighted by Gasteiger charge is 2.27. The Morgan fingerprint density at radius 2 is 1.88 bits per heavy atom. The minimum atomic E-state index is -0.0131. The van der Waals surface area contributed by atoms with Crippen LogP contribution in [-0.4, -0.2) is 57.3 Å². The van der Waals surface area contributed by atoms with Gasteiger partial charge in [-0.15, -0.1) is 11.3 Å². The third-order valence-electron chi connectivity index (χ3n) is 4.97. The Hall–Kier alpha value is -1.57. The van der Waals surface area contributed by atoms with Gasteiger partial charge in [0.25, 0.3) is 5.56 Å². The van der Waals surface area contributed by atoms with Crippen LogP contribution in [0.5, 0.6) is 0 Å². The van der Waals surface area contributed by atoms with Crippen LogP contribution in [0, 0.1) is 6.92 Å². The molecule has 7 heteroatoms. The van der Waals surface area contributed by atoms with Crippen molar-refractivity contribution in [2.75, 3.05) is 32.7 Å². The first-order chi connectivity index (χ1) is 12.2. The normalized spacial score (nSPS) is 19.4. The first-order valence-electron chi connectivity index (χ1n) is 9.11. The van der Waals surface area contributed by atoms with E-state index in [0.717, 1.165) is 50.9 Å². The minimum Gasteiger partial charge on any atom is -0.299 e. The van der Waals surface area contributed by atoms with Crippen molar-refractivity contribution in [3.63, 3.8) is 0 Å². The molecule has 6 nitrogen and oxygen atoms in total. The number of aryl methyl sites for hydroxylation is 1. The molecule has 2 aliphatic rings. The summed E-state index contributed by atoms with van der Waals surface area (Å²) in [7, 11) is 0. The number of nitrogens with zero attached hydrogens (tertiary/aromatic N) is 5. The fraction of sp³-hybridized carbons (Fsp3) is 0.611. The van der Waals surface area contributed by atoms with Gasteiger partial charge >= 0.3 is 0 Å². The van der Waals surface area contributed by atoms with E-state index in [2.05, 4.69) is 26.1 Å². The zero-order valence-electron chi connectivity index (χ0n) is 14.7. The van der Waals surface area contributed by atoms with Gasteiger partial charge in [-0.25, -0.2) is 9.67 Å². The number of thiazole rings is 1. The summed E-state index contributed by atoms with van der Waals surface area (Å²) in [6, 6.07) is 3.37. The van der Waals surface area contributed by atoms with Crippen molar-refractivity contribution in [3.8, 4) is 0 Å². The molecule has 1 aliphatic heterocycles. The molecule has 0 spiro atoms. The van der Waals surface area contributed by atoms with Crippen LogP contribution in [0.1, 0.15) is 34.3 Å². The summed E-state index contributed by atoms with van der Waals surface area (Å²) in [5.74, 6) is 0.759. The van der Waals surface area contributed by atoms with Gasteiger partial charge in [-0.2, -0.15) is 5.10 Å². The molecule has 0 amide bonds. The van der Waals surface area contributed by atoms with Gasteiger partial charge in [-0.3, -0.25) is 14.6 Å². The fourth-order valence-electron chi connectivity index (χ4n) is 3.25. The molecular weight excluding hydrogens is 334 g/mol. The fourth-order valence-corrected chi connectivity index (χ4v) is 4.38. The molecule has 0 aromatic carbocycles. The van der Waals surface area contributed by atoms with Crippen LogP contribution in [0.25, 0.3) is 0 Å². The number of rotatable bonds is 6. The van der Waals surface area contributed by atoms with Gasteiger partial charge in [0.1, 0.15) is 0 Å². The van der Waals surface area contributed by atoms with Crippen molar-refractivity contribution in [3.05, 3.63) is 44.3 Å². The zero-order valence-corrected chi connectivity index (χ0v) is 15.5. The molecule has 134 valence electrons. The van der Waals surface area contributed by atoms with Crippen LogP contribution in [0.3, 0.4) is 0 Å². The van der Waals surface area contributed by atoms with E-state index in [4.69, 9.17) is 0 Å². The maximum absolute atomic E-state index is 11.8. The molecule has 1 saturated heterocycles. The molecule has 2 fully saturated rings. The minimum absolute atomic E-state index is 0.0131. The van der Waals surface area contributed by atoms with Crippen LogP contribution >= 0.6 is 11.3 Å². The molecule has 2 aromatic heterocycles. The molecule has 1 aliphatic carbocycles. The van der Waals surface area contributed by atoms with Gasteiger partial charge in [-0.1, -0.05) is 0 Å². The van der Waals surface area contributed by atoms with Crippen molar-refractivity contribution in [1.82, 2.24) is 24.6 Å². The lowest BCUT2D eigenvalue weighted by molar-refractivity contribution is 0.123. The quantitative estimate of drug-likeness (QED) is 0.786. The Bertz CT molecular complexity index is 774. The third kappa shape index (κ3) is 4.34. The van der Waals surface area contributed by atoms with Crippen molar-refractivity contribution >= 4 is 11.3 Å². The molecule has 2 aromatic rings. The largest absolute Gasteiger partial charge is 0.299 e. The van der Waals surface area contributed by atoms with Gasteiger partial charge in [0.2, 0.25) is 0 Å². The molecule has 25 heavy (non-hydrogen) atoms. The Balaban J connectivity index is 1.23. The van der Waals surface area contributed by atoms with Crippen molar-refractivity contribution in [1.29, 1.82) is 0 Å². The summed E-state index contributed by atoms with van der Waals surface area (Å²) < 4.78 is 1.58. The molecule has 0 bridgehead atoms. The SMILES string of the molecule is Cc1ccc(=O)n(CCN2CCN(Cc3cnc(C4CC4)s3)CC2)n1. The molecule has 3 heterocycles. The van der Waals surface area contributed by atoms with Crippen LogP contribution in [-0.2, 0) is 13.1 Å². The molecule has 1 saturated carbocycles. The van der Waals surface area contributed by atoms with E-state index in [-0.39, 0.29) is 5.56 Å². The summed E-state index contributed by atoms with van der Waals surface area (Å²) in [5.41, 5.74) is 0.875. The second kappa shape index (κ2) is 7.35. The summed E-state index contributed by atoms with van der Waals surface area (Å²) in [4.78, 5) is 22.7. The molecule has 0 atom stereocenters. The van der Waals surface area contributed by atoms with Crippen molar-refractivity contribution < 1.29 is 0 Å². The lowest BCUT2D eigenvalue weighted by Crippen LogP contribution is -2.47. The highest BCUT2D eigenvalue weighted by molar-refractivity contribution is 7.11.